The predicted molar refractivity (Wildman–Crippen MR) is 127 cm³/mol. The number of hydrogen-bond acceptors (Lipinski definition) is 8. The molecule has 0 spiro atoms. The Kier molecular flexibility index (Phi) is 5.32. The third-order valence-electron chi connectivity index (χ3n) is 6.05. The third-order valence-corrected chi connectivity index (χ3v) is 6.05. The van der Waals surface area contributed by atoms with Crippen LogP contribution in [0.5, 0.6) is 0 Å². The summed E-state index contributed by atoms with van der Waals surface area (Å²) in [6.07, 6.45) is 3.19. The number of rotatable bonds is 4. The molecule has 0 aliphatic carbocycles. The van der Waals surface area contributed by atoms with Crippen molar-refractivity contribution in [2.24, 2.45) is 0 Å². The van der Waals surface area contributed by atoms with E-state index in [1.165, 1.54) is 6.33 Å². The smallest absolute Gasteiger partial charge is 0.341 e. The number of aryl methyl sites for hydroxylation is 3. The lowest BCUT2D eigenvalue weighted by atomic mass is 10.0. The predicted octanol–water partition coefficient (Wildman–Crippen LogP) is 3.10. The molecule has 4 aromatic rings. The second-order valence-corrected chi connectivity index (χ2v) is 8.42. The summed E-state index contributed by atoms with van der Waals surface area (Å²) < 4.78 is 7.15. The Morgan fingerprint density at radius 1 is 1.03 bits per heavy atom. The number of ether oxygens (including phenoxy) is 1. The average molecular weight is 446 g/mol. The first kappa shape index (κ1) is 21.1. The quantitative estimate of drug-likeness (QED) is 0.443. The SMILES string of the molecule is CCOC(=O)c1cnc2c(C)cc(C)cc2c1N1CCN(c2cc(C)nc3ncnn23)CC1. The van der Waals surface area contributed by atoms with Crippen LogP contribution in [-0.4, -0.2) is 63.3 Å². The summed E-state index contributed by atoms with van der Waals surface area (Å²) >= 11 is 0. The van der Waals surface area contributed by atoms with Gasteiger partial charge in [0.15, 0.2) is 0 Å². The minimum atomic E-state index is -0.336. The molecule has 0 N–H and O–H groups in total. The minimum absolute atomic E-state index is 0.326. The summed E-state index contributed by atoms with van der Waals surface area (Å²) in [6, 6.07) is 6.27. The van der Waals surface area contributed by atoms with Gasteiger partial charge < -0.3 is 14.5 Å². The maximum atomic E-state index is 12.8. The Bertz CT molecular complexity index is 1360. The fraction of sp³-hybridized carbons (Fsp3) is 0.375. The molecule has 5 rings (SSSR count). The third kappa shape index (κ3) is 3.73. The molecule has 1 saturated heterocycles. The van der Waals surface area contributed by atoms with Crippen molar-refractivity contribution >= 4 is 34.2 Å². The van der Waals surface area contributed by atoms with Crippen molar-refractivity contribution in [2.45, 2.75) is 27.7 Å². The van der Waals surface area contributed by atoms with E-state index < -0.39 is 0 Å². The van der Waals surface area contributed by atoms with Crippen LogP contribution in [-0.2, 0) is 4.74 Å². The summed E-state index contributed by atoms with van der Waals surface area (Å²) in [6.45, 7) is 11.3. The zero-order chi connectivity index (χ0) is 23.1. The molecule has 0 radical (unpaired) electrons. The van der Waals surface area contributed by atoms with Crippen LogP contribution >= 0.6 is 0 Å². The molecule has 1 aliphatic rings. The number of anilines is 2. The second-order valence-electron chi connectivity index (χ2n) is 8.42. The lowest BCUT2D eigenvalue weighted by Crippen LogP contribution is -2.47. The largest absolute Gasteiger partial charge is 0.462 e. The van der Waals surface area contributed by atoms with Crippen molar-refractivity contribution in [3.05, 3.63) is 53.1 Å². The Balaban J connectivity index is 1.53. The monoisotopic (exact) mass is 445 g/mol. The number of carbonyl (C=O) groups is 1. The second kappa shape index (κ2) is 8.31. The molecule has 33 heavy (non-hydrogen) atoms. The Morgan fingerprint density at radius 3 is 2.55 bits per heavy atom. The molecule has 1 aromatic carbocycles. The molecule has 1 aliphatic heterocycles. The van der Waals surface area contributed by atoms with E-state index >= 15 is 0 Å². The molecule has 0 saturated carbocycles. The molecule has 0 atom stereocenters. The molecule has 4 heterocycles. The van der Waals surface area contributed by atoms with Gasteiger partial charge in [-0.1, -0.05) is 11.6 Å². The average Bonchev–Trinajstić information content (AvgIpc) is 3.26. The van der Waals surface area contributed by atoms with E-state index in [-0.39, 0.29) is 5.97 Å². The summed E-state index contributed by atoms with van der Waals surface area (Å²) in [5.41, 5.74) is 5.48. The van der Waals surface area contributed by atoms with Crippen LogP contribution < -0.4 is 9.80 Å². The van der Waals surface area contributed by atoms with Gasteiger partial charge in [-0.2, -0.15) is 14.6 Å². The van der Waals surface area contributed by atoms with Gasteiger partial charge in [-0.15, -0.1) is 0 Å². The van der Waals surface area contributed by atoms with E-state index in [2.05, 4.69) is 55.8 Å². The molecule has 0 unspecified atom stereocenters. The Hall–Kier alpha value is -3.75. The molecular formula is C24H27N7O2. The van der Waals surface area contributed by atoms with E-state index in [0.29, 0.717) is 17.9 Å². The van der Waals surface area contributed by atoms with E-state index in [1.807, 2.05) is 19.9 Å². The first-order valence-corrected chi connectivity index (χ1v) is 11.2. The van der Waals surface area contributed by atoms with E-state index in [4.69, 9.17) is 4.74 Å². The summed E-state index contributed by atoms with van der Waals surface area (Å²) in [5, 5.41) is 5.34. The van der Waals surface area contributed by atoms with Gasteiger partial charge in [0.1, 0.15) is 17.7 Å². The van der Waals surface area contributed by atoms with Crippen LogP contribution in [0.4, 0.5) is 11.5 Å². The number of aromatic nitrogens is 5. The number of carbonyl (C=O) groups excluding carboxylic acids is 1. The maximum absolute atomic E-state index is 12.8. The lowest BCUT2D eigenvalue weighted by Gasteiger charge is -2.38. The molecule has 170 valence electrons. The number of fused-ring (bicyclic) bond motifs is 2. The van der Waals surface area contributed by atoms with Crippen molar-refractivity contribution in [3.8, 4) is 0 Å². The van der Waals surface area contributed by atoms with Crippen LogP contribution in [0.1, 0.15) is 34.1 Å². The van der Waals surface area contributed by atoms with Crippen LogP contribution in [0.25, 0.3) is 16.7 Å². The number of esters is 1. The highest BCUT2D eigenvalue weighted by Gasteiger charge is 2.26. The number of nitrogens with zero attached hydrogens (tertiary/aromatic N) is 7. The maximum Gasteiger partial charge on any atom is 0.341 e. The van der Waals surface area contributed by atoms with Gasteiger partial charge in [-0.25, -0.2) is 9.78 Å². The standard InChI is InChI=1S/C24H27N7O2/c1-5-33-23(32)19-13-25-21-16(3)10-15(2)11-18(21)22(19)30-8-6-29(7-9-30)20-12-17(4)28-24-26-14-27-31(20)24/h10-14H,5-9H2,1-4H3. The molecule has 9 heteroatoms. The lowest BCUT2D eigenvalue weighted by molar-refractivity contribution is 0.0526. The molecule has 3 aromatic heterocycles. The fourth-order valence-electron chi connectivity index (χ4n) is 4.64. The normalized spacial score (nSPS) is 14.3. The van der Waals surface area contributed by atoms with E-state index in [9.17, 15) is 4.79 Å². The van der Waals surface area contributed by atoms with Gasteiger partial charge in [0.05, 0.1) is 17.8 Å². The van der Waals surface area contributed by atoms with Crippen molar-refractivity contribution in [1.82, 2.24) is 24.6 Å². The van der Waals surface area contributed by atoms with Gasteiger partial charge in [0.25, 0.3) is 5.78 Å². The van der Waals surface area contributed by atoms with Crippen molar-refractivity contribution in [3.63, 3.8) is 0 Å². The van der Waals surface area contributed by atoms with Gasteiger partial charge in [-0.05, 0) is 39.3 Å². The highest BCUT2D eigenvalue weighted by molar-refractivity contribution is 6.06. The molecule has 0 amide bonds. The van der Waals surface area contributed by atoms with Crippen molar-refractivity contribution in [1.29, 1.82) is 0 Å². The first-order chi connectivity index (χ1) is 16.0. The van der Waals surface area contributed by atoms with Crippen molar-refractivity contribution < 1.29 is 9.53 Å². The summed E-state index contributed by atoms with van der Waals surface area (Å²) in [4.78, 5) is 30.7. The Morgan fingerprint density at radius 2 is 1.79 bits per heavy atom. The first-order valence-electron chi connectivity index (χ1n) is 11.2. The van der Waals surface area contributed by atoms with E-state index in [1.54, 1.807) is 10.7 Å². The van der Waals surface area contributed by atoms with Gasteiger partial charge in [0.2, 0.25) is 0 Å². The van der Waals surface area contributed by atoms with Gasteiger partial charge in [0, 0.05) is 49.5 Å². The van der Waals surface area contributed by atoms with Crippen molar-refractivity contribution in [2.75, 3.05) is 42.6 Å². The van der Waals surface area contributed by atoms with Gasteiger partial charge >= 0.3 is 5.97 Å². The van der Waals surface area contributed by atoms with Crippen LogP contribution in [0.2, 0.25) is 0 Å². The molecule has 9 nitrogen and oxygen atoms in total. The molecule has 0 bridgehead atoms. The Labute approximate surface area is 192 Å². The zero-order valence-electron chi connectivity index (χ0n) is 19.4. The molecular weight excluding hydrogens is 418 g/mol. The zero-order valence-corrected chi connectivity index (χ0v) is 19.4. The van der Waals surface area contributed by atoms with Crippen LogP contribution in [0.15, 0.2) is 30.7 Å². The number of hydrogen-bond donors (Lipinski definition) is 0. The number of pyridine rings is 1. The summed E-state index contributed by atoms with van der Waals surface area (Å²) in [5.74, 6) is 1.24. The number of piperazine rings is 1. The molecule has 1 fully saturated rings. The fourth-order valence-corrected chi connectivity index (χ4v) is 4.64. The van der Waals surface area contributed by atoms with Crippen LogP contribution in [0.3, 0.4) is 0 Å². The highest BCUT2D eigenvalue weighted by atomic mass is 16.5. The van der Waals surface area contributed by atoms with Gasteiger partial charge in [-0.3, -0.25) is 4.98 Å². The topological polar surface area (TPSA) is 88.8 Å². The van der Waals surface area contributed by atoms with Crippen LogP contribution in [0, 0.1) is 20.8 Å². The highest BCUT2D eigenvalue weighted by Crippen LogP contribution is 2.34. The number of benzene rings is 1. The summed E-state index contributed by atoms with van der Waals surface area (Å²) in [7, 11) is 0. The minimum Gasteiger partial charge on any atom is -0.462 e. The van der Waals surface area contributed by atoms with E-state index in [0.717, 1.165) is 65.4 Å².